The van der Waals surface area contributed by atoms with E-state index < -0.39 is 21.9 Å². The first-order valence-electron chi connectivity index (χ1n) is 8.76. The van der Waals surface area contributed by atoms with Gasteiger partial charge in [-0.1, -0.05) is 27.7 Å². The van der Waals surface area contributed by atoms with E-state index >= 15 is 0 Å². The standard InChI is InChI=1S/C18H28N2O5S/c1-5-20(6-2)26(23,24)16-10-8-15(9-11-16)19-17(21)13-25-18(22)12-7-14(3)4/h8-11,14H,5-7,12-13H2,1-4H3,(H,19,21). The average Bonchev–Trinajstić information content (AvgIpc) is 2.59. The number of carbonyl (C=O) groups is 2. The zero-order valence-corrected chi connectivity index (χ0v) is 16.6. The van der Waals surface area contributed by atoms with Crippen LogP contribution in [-0.2, 0) is 24.3 Å². The molecule has 0 aromatic heterocycles. The zero-order chi connectivity index (χ0) is 19.7. The van der Waals surface area contributed by atoms with Gasteiger partial charge in [0.05, 0.1) is 4.90 Å². The molecule has 0 radical (unpaired) electrons. The van der Waals surface area contributed by atoms with Crippen LogP contribution in [0.15, 0.2) is 29.2 Å². The lowest BCUT2D eigenvalue weighted by atomic mass is 10.1. The summed E-state index contributed by atoms with van der Waals surface area (Å²) in [7, 11) is -3.53. The van der Waals surface area contributed by atoms with Gasteiger partial charge in [0, 0.05) is 25.2 Å². The van der Waals surface area contributed by atoms with E-state index in [2.05, 4.69) is 5.32 Å². The number of benzene rings is 1. The summed E-state index contributed by atoms with van der Waals surface area (Å²) in [5.74, 6) is -0.487. The third kappa shape index (κ3) is 6.76. The van der Waals surface area contributed by atoms with Crippen molar-refractivity contribution in [3.63, 3.8) is 0 Å². The summed E-state index contributed by atoms with van der Waals surface area (Å²) < 4.78 is 31.1. The maximum Gasteiger partial charge on any atom is 0.306 e. The van der Waals surface area contributed by atoms with Crippen molar-refractivity contribution in [2.45, 2.75) is 45.4 Å². The summed E-state index contributed by atoms with van der Waals surface area (Å²) in [6.45, 7) is 7.97. The van der Waals surface area contributed by atoms with E-state index in [1.54, 1.807) is 13.8 Å². The highest BCUT2D eigenvalue weighted by Crippen LogP contribution is 2.18. The lowest BCUT2D eigenvalue weighted by Gasteiger charge is -2.18. The van der Waals surface area contributed by atoms with Crippen LogP contribution in [-0.4, -0.2) is 44.3 Å². The van der Waals surface area contributed by atoms with Crippen molar-refractivity contribution in [3.05, 3.63) is 24.3 Å². The minimum atomic E-state index is -3.53. The summed E-state index contributed by atoms with van der Waals surface area (Å²) >= 11 is 0. The number of esters is 1. The van der Waals surface area contributed by atoms with E-state index in [4.69, 9.17) is 4.74 Å². The van der Waals surface area contributed by atoms with Gasteiger partial charge in [0.15, 0.2) is 6.61 Å². The first-order chi connectivity index (χ1) is 12.2. The quantitative estimate of drug-likeness (QED) is 0.626. The molecule has 0 aliphatic heterocycles. The number of nitrogens with one attached hydrogen (secondary N) is 1. The number of rotatable bonds is 10. The van der Waals surface area contributed by atoms with Crippen molar-refractivity contribution >= 4 is 27.6 Å². The van der Waals surface area contributed by atoms with Gasteiger partial charge >= 0.3 is 5.97 Å². The molecule has 0 saturated heterocycles. The van der Waals surface area contributed by atoms with Gasteiger partial charge in [-0.25, -0.2) is 8.42 Å². The molecule has 0 bridgehead atoms. The number of hydrogen-bond acceptors (Lipinski definition) is 5. The molecule has 146 valence electrons. The number of ether oxygens (including phenoxy) is 1. The third-order valence-corrected chi connectivity index (χ3v) is 5.84. The van der Waals surface area contributed by atoms with Crippen LogP contribution >= 0.6 is 0 Å². The Morgan fingerprint density at radius 1 is 1.12 bits per heavy atom. The molecule has 7 nitrogen and oxygen atoms in total. The Hall–Kier alpha value is -1.93. The smallest absolute Gasteiger partial charge is 0.306 e. The fourth-order valence-electron chi connectivity index (χ4n) is 2.24. The summed E-state index contributed by atoms with van der Waals surface area (Å²) in [4.78, 5) is 23.5. The second-order valence-electron chi connectivity index (χ2n) is 6.26. The van der Waals surface area contributed by atoms with Crippen molar-refractivity contribution in [2.24, 2.45) is 5.92 Å². The molecule has 1 amide bonds. The zero-order valence-electron chi connectivity index (χ0n) is 15.8. The van der Waals surface area contributed by atoms with Crippen LogP contribution in [0.2, 0.25) is 0 Å². The number of anilines is 1. The SMILES string of the molecule is CCN(CC)S(=O)(=O)c1ccc(NC(=O)COC(=O)CCC(C)C)cc1. The van der Waals surface area contributed by atoms with Gasteiger partial charge < -0.3 is 10.1 Å². The van der Waals surface area contributed by atoms with Gasteiger partial charge in [-0.05, 0) is 36.6 Å². The highest BCUT2D eigenvalue weighted by molar-refractivity contribution is 7.89. The first kappa shape index (κ1) is 22.1. The molecular formula is C18H28N2O5S. The van der Waals surface area contributed by atoms with Crippen LogP contribution in [0.25, 0.3) is 0 Å². The Labute approximate surface area is 155 Å². The highest BCUT2D eigenvalue weighted by atomic mass is 32.2. The molecule has 8 heteroatoms. The van der Waals surface area contributed by atoms with Crippen LogP contribution in [0.4, 0.5) is 5.69 Å². The maximum atomic E-state index is 12.4. The van der Waals surface area contributed by atoms with Crippen molar-refractivity contribution in [2.75, 3.05) is 25.0 Å². The Morgan fingerprint density at radius 3 is 2.19 bits per heavy atom. The molecule has 0 aliphatic rings. The second kappa shape index (κ2) is 10.3. The lowest BCUT2D eigenvalue weighted by molar-refractivity contribution is -0.147. The molecule has 0 heterocycles. The molecular weight excluding hydrogens is 356 g/mol. The topological polar surface area (TPSA) is 92.8 Å². The molecule has 1 N–H and O–H groups in total. The molecule has 0 saturated carbocycles. The molecule has 0 atom stereocenters. The fourth-order valence-corrected chi connectivity index (χ4v) is 3.70. The van der Waals surface area contributed by atoms with Crippen LogP contribution in [0.1, 0.15) is 40.5 Å². The Kier molecular flexibility index (Phi) is 8.74. The molecule has 1 aromatic rings. The van der Waals surface area contributed by atoms with Gasteiger partial charge in [-0.15, -0.1) is 0 Å². The van der Waals surface area contributed by atoms with E-state index in [-0.39, 0.29) is 17.9 Å². The van der Waals surface area contributed by atoms with Gasteiger partial charge in [-0.2, -0.15) is 4.31 Å². The number of sulfonamides is 1. The third-order valence-electron chi connectivity index (χ3n) is 3.77. The van der Waals surface area contributed by atoms with Crippen LogP contribution in [0.3, 0.4) is 0 Å². The predicted molar refractivity (Wildman–Crippen MR) is 100 cm³/mol. The van der Waals surface area contributed by atoms with E-state index in [0.717, 1.165) is 0 Å². The number of hydrogen-bond donors (Lipinski definition) is 1. The maximum absolute atomic E-state index is 12.4. The summed E-state index contributed by atoms with van der Waals surface area (Å²) in [6.07, 6.45) is 0.992. The molecule has 0 aliphatic carbocycles. The summed E-state index contributed by atoms with van der Waals surface area (Å²) in [5, 5.41) is 2.57. The molecule has 1 aromatic carbocycles. The number of nitrogens with zero attached hydrogens (tertiary/aromatic N) is 1. The summed E-state index contributed by atoms with van der Waals surface area (Å²) in [5.41, 5.74) is 0.437. The van der Waals surface area contributed by atoms with Crippen molar-refractivity contribution in [3.8, 4) is 0 Å². The van der Waals surface area contributed by atoms with Crippen molar-refractivity contribution in [1.29, 1.82) is 0 Å². The van der Waals surface area contributed by atoms with Gasteiger partial charge in [0.1, 0.15) is 0 Å². The highest BCUT2D eigenvalue weighted by Gasteiger charge is 2.21. The molecule has 0 unspecified atom stereocenters. The summed E-state index contributed by atoms with van der Waals surface area (Å²) in [6, 6.07) is 5.90. The minimum Gasteiger partial charge on any atom is -0.456 e. The number of carbonyl (C=O) groups excluding carboxylic acids is 2. The van der Waals surface area contributed by atoms with Gasteiger partial charge in [0.2, 0.25) is 10.0 Å². The van der Waals surface area contributed by atoms with E-state index in [1.165, 1.54) is 28.6 Å². The van der Waals surface area contributed by atoms with E-state index in [9.17, 15) is 18.0 Å². The molecule has 0 fully saturated rings. The predicted octanol–water partition coefficient (Wildman–Crippen LogP) is 2.64. The number of amides is 1. The first-order valence-corrected chi connectivity index (χ1v) is 10.2. The monoisotopic (exact) mass is 384 g/mol. The van der Waals surface area contributed by atoms with E-state index in [1.807, 2.05) is 13.8 Å². The fraction of sp³-hybridized carbons (Fsp3) is 0.556. The largest absolute Gasteiger partial charge is 0.456 e. The average molecular weight is 384 g/mol. The van der Waals surface area contributed by atoms with Gasteiger partial charge in [-0.3, -0.25) is 9.59 Å². The lowest BCUT2D eigenvalue weighted by Crippen LogP contribution is -2.30. The normalized spacial score (nSPS) is 11.6. The molecule has 26 heavy (non-hydrogen) atoms. The Morgan fingerprint density at radius 2 is 1.69 bits per heavy atom. The molecule has 0 spiro atoms. The van der Waals surface area contributed by atoms with Crippen molar-refractivity contribution < 1.29 is 22.7 Å². The van der Waals surface area contributed by atoms with Crippen LogP contribution < -0.4 is 5.32 Å². The Balaban J connectivity index is 2.59. The van der Waals surface area contributed by atoms with Gasteiger partial charge in [0.25, 0.3) is 5.91 Å². The van der Waals surface area contributed by atoms with Crippen LogP contribution in [0, 0.1) is 5.92 Å². The van der Waals surface area contributed by atoms with Crippen LogP contribution in [0.5, 0.6) is 0 Å². The minimum absolute atomic E-state index is 0.166. The van der Waals surface area contributed by atoms with E-state index in [0.29, 0.717) is 31.1 Å². The van der Waals surface area contributed by atoms with Crippen molar-refractivity contribution in [1.82, 2.24) is 4.31 Å². The molecule has 1 rings (SSSR count). The Bertz CT molecular complexity index is 695. The second-order valence-corrected chi connectivity index (χ2v) is 8.19.